The molecule has 0 fully saturated rings. The Bertz CT molecular complexity index is 545. The molecular weight excluding hydrogens is 248 g/mol. The molecule has 1 heterocycles. The van der Waals surface area contributed by atoms with E-state index in [0.717, 1.165) is 37.5 Å². The summed E-state index contributed by atoms with van der Waals surface area (Å²) >= 11 is 0. The molecule has 3 heteroatoms. The summed E-state index contributed by atoms with van der Waals surface area (Å²) in [6.45, 7) is 10.4. The van der Waals surface area contributed by atoms with Gasteiger partial charge in [-0.1, -0.05) is 39.0 Å². The van der Waals surface area contributed by atoms with Crippen LogP contribution in [-0.2, 0) is 13.1 Å². The molecule has 0 spiro atoms. The van der Waals surface area contributed by atoms with Crippen LogP contribution in [0.4, 0.5) is 0 Å². The van der Waals surface area contributed by atoms with E-state index in [2.05, 4.69) is 56.2 Å². The Balaban J connectivity index is 2.27. The molecule has 0 amide bonds. The minimum atomic E-state index is 0.676. The van der Waals surface area contributed by atoms with E-state index in [1.165, 1.54) is 10.9 Å². The lowest BCUT2D eigenvalue weighted by Gasteiger charge is -2.19. The second-order valence-electron chi connectivity index (χ2n) is 5.87. The van der Waals surface area contributed by atoms with Gasteiger partial charge in [0.1, 0.15) is 11.3 Å². The molecule has 2 rings (SSSR count). The molecule has 0 atom stereocenters. The predicted octanol–water partition coefficient (Wildman–Crippen LogP) is 3.63. The first-order valence-electron chi connectivity index (χ1n) is 7.50. The van der Waals surface area contributed by atoms with Gasteiger partial charge >= 0.3 is 0 Å². The highest BCUT2D eigenvalue weighted by atomic mass is 16.3. The number of furan rings is 1. The summed E-state index contributed by atoms with van der Waals surface area (Å²) in [5, 5.41) is 4.61. The SMILES string of the molecule is CCNCc1oc2ccccc2c1CN(C)CC(C)C. The minimum absolute atomic E-state index is 0.676. The summed E-state index contributed by atoms with van der Waals surface area (Å²) in [6.07, 6.45) is 0. The number of hydrogen-bond donors (Lipinski definition) is 1. The quantitative estimate of drug-likeness (QED) is 0.835. The van der Waals surface area contributed by atoms with Crippen molar-refractivity contribution in [1.82, 2.24) is 10.2 Å². The summed E-state index contributed by atoms with van der Waals surface area (Å²) in [4.78, 5) is 2.37. The van der Waals surface area contributed by atoms with Crippen LogP contribution in [-0.4, -0.2) is 25.0 Å². The third-order valence-electron chi connectivity index (χ3n) is 3.42. The average molecular weight is 274 g/mol. The van der Waals surface area contributed by atoms with Crippen molar-refractivity contribution in [2.75, 3.05) is 20.1 Å². The van der Waals surface area contributed by atoms with Crippen molar-refractivity contribution in [2.45, 2.75) is 33.9 Å². The lowest BCUT2D eigenvalue weighted by molar-refractivity contribution is 0.286. The average Bonchev–Trinajstić information content (AvgIpc) is 2.74. The van der Waals surface area contributed by atoms with Crippen molar-refractivity contribution in [2.24, 2.45) is 5.92 Å². The topological polar surface area (TPSA) is 28.4 Å². The van der Waals surface area contributed by atoms with E-state index in [1.807, 2.05) is 6.07 Å². The van der Waals surface area contributed by atoms with Crippen LogP contribution in [0.2, 0.25) is 0 Å². The molecule has 0 saturated heterocycles. The molecule has 0 radical (unpaired) electrons. The lowest BCUT2D eigenvalue weighted by Crippen LogP contribution is -2.23. The fourth-order valence-corrected chi connectivity index (χ4v) is 2.66. The molecule has 3 nitrogen and oxygen atoms in total. The van der Waals surface area contributed by atoms with Gasteiger partial charge in [0, 0.05) is 24.0 Å². The molecular formula is C17H26N2O. The molecule has 20 heavy (non-hydrogen) atoms. The van der Waals surface area contributed by atoms with Gasteiger partial charge in [0.15, 0.2) is 0 Å². The fourth-order valence-electron chi connectivity index (χ4n) is 2.66. The number of para-hydroxylation sites is 1. The van der Waals surface area contributed by atoms with E-state index < -0.39 is 0 Å². The fraction of sp³-hybridized carbons (Fsp3) is 0.529. The van der Waals surface area contributed by atoms with Gasteiger partial charge in [0.2, 0.25) is 0 Å². The van der Waals surface area contributed by atoms with Crippen LogP contribution in [0.3, 0.4) is 0 Å². The van der Waals surface area contributed by atoms with Crippen LogP contribution in [0.1, 0.15) is 32.1 Å². The van der Waals surface area contributed by atoms with Crippen LogP contribution in [0.15, 0.2) is 28.7 Å². The summed E-state index contributed by atoms with van der Waals surface area (Å²) < 4.78 is 6.02. The van der Waals surface area contributed by atoms with Gasteiger partial charge in [0.25, 0.3) is 0 Å². The van der Waals surface area contributed by atoms with E-state index in [4.69, 9.17) is 4.42 Å². The maximum absolute atomic E-state index is 6.02. The van der Waals surface area contributed by atoms with Gasteiger partial charge in [-0.3, -0.25) is 0 Å². The van der Waals surface area contributed by atoms with E-state index in [0.29, 0.717) is 5.92 Å². The Morgan fingerprint density at radius 3 is 2.70 bits per heavy atom. The van der Waals surface area contributed by atoms with Crippen LogP contribution in [0.25, 0.3) is 11.0 Å². The monoisotopic (exact) mass is 274 g/mol. The van der Waals surface area contributed by atoms with Crippen LogP contribution >= 0.6 is 0 Å². The first kappa shape index (κ1) is 15.1. The second kappa shape index (κ2) is 6.91. The largest absolute Gasteiger partial charge is 0.459 e. The number of nitrogens with one attached hydrogen (secondary N) is 1. The molecule has 1 N–H and O–H groups in total. The van der Waals surface area contributed by atoms with Gasteiger partial charge in [-0.05, 0) is 25.6 Å². The Hall–Kier alpha value is -1.32. The van der Waals surface area contributed by atoms with Gasteiger partial charge in [-0.15, -0.1) is 0 Å². The Labute approximate surface area is 122 Å². The molecule has 0 saturated carbocycles. The van der Waals surface area contributed by atoms with Crippen molar-refractivity contribution >= 4 is 11.0 Å². The van der Waals surface area contributed by atoms with E-state index in [-0.39, 0.29) is 0 Å². The predicted molar refractivity (Wildman–Crippen MR) is 84.8 cm³/mol. The zero-order valence-corrected chi connectivity index (χ0v) is 13.1. The molecule has 0 bridgehead atoms. The normalized spacial score (nSPS) is 11.9. The highest BCUT2D eigenvalue weighted by molar-refractivity contribution is 5.82. The van der Waals surface area contributed by atoms with Gasteiger partial charge in [-0.2, -0.15) is 0 Å². The van der Waals surface area contributed by atoms with Gasteiger partial charge in [0.05, 0.1) is 6.54 Å². The molecule has 1 aromatic heterocycles. The van der Waals surface area contributed by atoms with E-state index in [1.54, 1.807) is 0 Å². The standard InChI is InChI=1S/C17H26N2O/c1-5-18-10-17-15(12-19(4)11-13(2)3)14-8-6-7-9-16(14)20-17/h6-9,13,18H,5,10-12H2,1-4H3. The van der Waals surface area contributed by atoms with Crippen LogP contribution < -0.4 is 5.32 Å². The van der Waals surface area contributed by atoms with E-state index in [9.17, 15) is 0 Å². The molecule has 0 aliphatic rings. The first-order chi connectivity index (χ1) is 9.61. The van der Waals surface area contributed by atoms with Crippen LogP contribution in [0, 0.1) is 5.92 Å². The van der Waals surface area contributed by atoms with Crippen molar-refractivity contribution in [3.05, 3.63) is 35.6 Å². The molecule has 0 aliphatic carbocycles. The van der Waals surface area contributed by atoms with Crippen molar-refractivity contribution in [3.63, 3.8) is 0 Å². The molecule has 0 unspecified atom stereocenters. The number of nitrogens with zero attached hydrogens (tertiary/aromatic N) is 1. The maximum atomic E-state index is 6.02. The number of fused-ring (bicyclic) bond motifs is 1. The van der Waals surface area contributed by atoms with Crippen molar-refractivity contribution < 1.29 is 4.42 Å². The summed E-state index contributed by atoms with van der Waals surface area (Å²) in [6, 6.07) is 8.33. The van der Waals surface area contributed by atoms with Gasteiger partial charge in [-0.25, -0.2) is 0 Å². The van der Waals surface area contributed by atoms with Crippen LogP contribution in [0.5, 0.6) is 0 Å². The zero-order chi connectivity index (χ0) is 14.5. The zero-order valence-electron chi connectivity index (χ0n) is 13.1. The Morgan fingerprint density at radius 1 is 1.25 bits per heavy atom. The second-order valence-corrected chi connectivity index (χ2v) is 5.87. The van der Waals surface area contributed by atoms with E-state index >= 15 is 0 Å². The Morgan fingerprint density at radius 2 is 2.00 bits per heavy atom. The first-order valence-corrected chi connectivity index (χ1v) is 7.50. The minimum Gasteiger partial charge on any atom is -0.459 e. The molecule has 2 aromatic rings. The molecule has 0 aliphatic heterocycles. The highest BCUT2D eigenvalue weighted by Gasteiger charge is 2.15. The maximum Gasteiger partial charge on any atom is 0.134 e. The highest BCUT2D eigenvalue weighted by Crippen LogP contribution is 2.27. The third-order valence-corrected chi connectivity index (χ3v) is 3.42. The summed E-state index contributed by atoms with van der Waals surface area (Å²) in [5.74, 6) is 1.75. The third kappa shape index (κ3) is 3.62. The lowest BCUT2D eigenvalue weighted by atomic mass is 10.1. The number of benzene rings is 1. The smallest absolute Gasteiger partial charge is 0.134 e. The Kier molecular flexibility index (Phi) is 5.21. The van der Waals surface area contributed by atoms with Gasteiger partial charge < -0.3 is 14.6 Å². The number of rotatable bonds is 7. The summed E-state index contributed by atoms with van der Waals surface area (Å²) in [7, 11) is 2.18. The molecule has 110 valence electrons. The number of hydrogen-bond acceptors (Lipinski definition) is 3. The molecule has 1 aromatic carbocycles. The van der Waals surface area contributed by atoms with Crippen molar-refractivity contribution in [3.8, 4) is 0 Å². The summed E-state index contributed by atoms with van der Waals surface area (Å²) in [5.41, 5.74) is 2.32. The van der Waals surface area contributed by atoms with Crippen molar-refractivity contribution in [1.29, 1.82) is 0 Å².